The first-order valence-electron chi connectivity index (χ1n) is 6.48. The van der Waals surface area contributed by atoms with E-state index in [2.05, 4.69) is 17.4 Å². The third-order valence-corrected chi connectivity index (χ3v) is 2.98. The molecule has 0 bridgehead atoms. The molecular weight excluding hydrogens is 242 g/mol. The van der Waals surface area contributed by atoms with E-state index in [0.29, 0.717) is 18.7 Å². The quantitative estimate of drug-likeness (QED) is 0.260. The molecule has 19 heavy (non-hydrogen) atoms. The number of hydrogen-bond donors (Lipinski definition) is 4. The Kier molecular flexibility index (Phi) is 5.79. The van der Waals surface area contributed by atoms with Crippen LogP contribution in [0, 0.1) is 0 Å². The van der Waals surface area contributed by atoms with Crippen molar-refractivity contribution in [1.29, 1.82) is 0 Å². The van der Waals surface area contributed by atoms with E-state index in [1.54, 1.807) is 12.1 Å². The fourth-order valence-electron chi connectivity index (χ4n) is 1.95. The molecule has 0 amide bonds. The average Bonchev–Trinajstić information content (AvgIpc) is 2.38. The standard InChI is InChI=1S/C14H23N3O2/c1-3-8-14(2,18)10-16-9-11-4-6-12(7-5-11)13(15)17-19/h4-7,16,18-19H,3,8-10H2,1-2H3,(H2,15,17). The van der Waals surface area contributed by atoms with Crippen LogP contribution >= 0.6 is 0 Å². The van der Waals surface area contributed by atoms with Crippen LogP contribution < -0.4 is 11.1 Å². The van der Waals surface area contributed by atoms with Gasteiger partial charge in [-0.05, 0) is 18.9 Å². The lowest BCUT2D eigenvalue weighted by atomic mass is 10.0. The van der Waals surface area contributed by atoms with Crippen molar-refractivity contribution in [2.24, 2.45) is 10.9 Å². The topological polar surface area (TPSA) is 90.9 Å². The van der Waals surface area contributed by atoms with Gasteiger partial charge in [-0.2, -0.15) is 0 Å². The van der Waals surface area contributed by atoms with E-state index in [0.717, 1.165) is 18.4 Å². The van der Waals surface area contributed by atoms with Crippen LogP contribution in [0.4, 0.5) is 0 Å². The van der Waals surface area contributed by atoms with Gasteiger partial charge in [-0.3, -0.25) is 0 Å². The highest BCUT2D eigenvalue weighted by Gasteiger charge is 2.17. The summed E-state index contributed by atoms with van der Waals surface area (Å²) < 4.78 is 0. The highest BCUT2D eigenvalue weighted by Crippen LogP contribution is 2.10. The molecule has 5 N–H and O–H groups in total. The van der Waals surface area contributed by atoms with Gasteiger partial charge < -0.3 is 21.4 Å². The van der Waals surface area contributed by atoms with Gasteiger partial charge in [-0.25, -0.2) is 0 Å². The zero-order valence-corrected chi connectivity index (χ0v) is 11.6. The van der Waals surface area contributed by atoms with Crippen LogP contribution in [0.3, 0.4) is 0 Å². The molecule has 1 rings (SSSR count). The molecule has 0 aromatic heterocycles. The maximum atomic E-state index is 10.0. The van der Waals surface area contributed by atoms with Crippen LogP contribution in [-0.4, -0.2) is 28.3 Å². The second kappa shape index (κ2) is 7.11. The van der Waals surface area contributed by atoms with Crippen LogP contribution in [0.25, 0.3) is 0 Å². The molecule has 5 nitrogen and oxygen atoms in total. The fraction of sp³-hybridized carbons (Fsp3) is 0.500. The molecule has 1 aromatic rings. The predicted molar refractivity (Wildman–Crippen MR) is 76.2 cm³/mol. The third kappa shape index (κ3) is 5.28. The van der Waals surface area contributed by atoms with Gasteiger partial charge in [0.1, 0.15) is 0 Å². The Morgan fingerprint density at radius 2 is 2.00 bits per heavy atom. The van der Waals surface area contributed by atoms with Crippen molar-refractivity contribution in [3.8, 4) is 0 Å². The number of rotatable bonds is 7. The van der Waals surface area contributed by atoms with E-state index < -0.39 is 5.60 Å². The molecule has 0 fully saturated rings. The molecule has 0 saturated carbocycles. The van der Waals surface area contributed by atoms with Gasteiger partial charge in [0.2, 0.25) is 0 Å². The Bertz CT molecular complexity index is 413. The lowest BCUT2D eigenvalue weighted by Crippen LogP contribution is -2.37. The Morgan fingerprint density at radius 3 is 2.53 bits per heavy atom. The molecule has 1 unspecified atom stereocenters. The van der Waals surface area contributed by atoms with E-state index in [9.17, 15) is 5.11 Å². The second-order valence-electron chi connectivity index (χ2n) is 5.03. The van der Waals surface area contributed by atoms with Crippen LogP contribution in [0.15, 0.2) is 29.4 Å². The summed E-state index contributed by atoms with van der Waals surface area (Å²) in [6.07, 6.45) is 1.74. The maximum absolute atomic E-state index is 10.0. The van der Waals surface area contributed by atoms with Crippen molar-refractivity contribution in [2.45, 2.75) is 38.8 Å². The van der Waals surface area contributed by atoms with Gasteiger partial charge in [0.05, 0.1) is 5.60 Å². The molecule has 0 aliphatic rings. The van der Waals surface area contributed by atoms with E-state index >= 15 is 0 Å². The smallest absolute Gasteiger partial charge is 0.170 e. The highest BCUT2D eigenvalue weighted by molar-refractivity contribution is 5.96. The Balaban J connectivity index is 2.46. The minimum absolute atomic E-state index is 0.102. The van der Waals surface area contributed by atoms with Gasteiger partial charge in [0.25, 0.3) is 0 Å². The first-order chi connectivity index (χ1) is 8.98. The number of benzene rings is 1. The van der Waals surface area contributed by atoms with Crippen molar-refractivity contribution >= 4 is 5.84 Å². The number of nitrogens with zero attached hydrogens (tertiary/aromatic N) is 1. The summed E-state index contributed by atoms with van der Waals surface area (Å²) in [6.45, 7) is 5.13. The van der Waals surface area contributed by atoms with Crippen molar-refractivity contribution in [3.05, 3.63) is 35.4 Å². The van der Waals surface area contributed by atoms with Gasteiger partial charge >= 0.3 is 0 Å². The van der Waals surface area contributed by atoms with Crippen molar-refractivity contribution in [3.63, 3.8) is 0 Å². The summed E-state index contributed by atoms with van der Waals surface area (Å²) >= 11 is 0. The first-order valence-corrected chi connectivity index (χ1v) is 6.48. The fourth-order valence-corrected chi connectivity index (χ4v) is 1.95. The largest absolute Gasteiger partial charge is 0.409 e. The van der Waals surface area contributed by atoms with E-state index in [4.69, 9.17) is 10.9 Å². The zero-order valence-electron chi connectivity index (χ0n) is 11.6. The number of nitrogens with one attached hydrogen (secondary N) is 1. The van der Waals surface area contributed by atoms with Crippen LogP contribution in [0.5, 0.6) is 0 Å². The summed E-state index contributed by atoms with van der Waals surface area (Å²) in [7, 11) is 0. The molecule has 0 heterocycles. The summed E-state index contributed by atoms with van der Waals surface area (Å²) in [6, 6.07) is 7.43. The first kappa shape index (κ1) is 15.5. The van der Waals surface area contributed by atoms with Crippen molar-refractivity contribution in [2.75, 3.05) is 6.54 Å². The molecule has 0 spiro atoms. The van der Waals surface area contributed by atoms with Gasteiger partial charge in [-0.1, -0.05) is 42.8 Å². The number of hydrogen-bond acceptors (Lipinski definition) is 4. The summed E-state index contributed by atoms with van der Waals surface area (Å²) in [5.74, 6) is 0.102. The SMILES string of the molecule is CCCC(C)(O)CNCc1ccc(/C(N)=N/O)cc1. The zero-order chi connectivity index (χ0) is 14.3. The molecule has 0 aliphatic carbocycles. The maximum Gasteiger partial charge on any atom is 0.170 e. The van der Waals surface area contributed by atoms with E-state index in [-0.39, 0.29) is 5.84 Å². The highest BCUT2D eigenvalue weighted by atomic mass is 16.4. The number of aliphatic hydroxyl groups is 1. The Morgan fingerprint density at radius 1 is 1.37 bits per heavy atom. The van der Waals surface area contributed by atoms with E-state index in [1.165, 1.54) is 0 Å². The predicted octanol–water partition coefficient (Wildman–Crippen LogP) is 1.42. The summed E-state index contributed by atoms with van der Waals surface area (Å²) in [5.41, 5.74) is 6.59. The third-order valence-electron chi connectivity index (χ3n) is 2.98. The molecule has 0 aliphatic heterocycles. The molecule has 5 heteroatoms. The number of nitrogens with two attached hydrogens (primary N) is 1. The molecule has 1 atom stereocenters. The van der Waals surface area contributed by atoms with Crippen LogP contribution in [0.2, 0.25) is 0 Å². The number of oxime groups is 1. The monoisotopic (exact) mass is 265 g/mol. The molecule has 1 aromatic carbocycles. The van der Waals surface area contributed by atoms with Crippen molar-refractivity contribution < 1.29 is 10.3 Å². The lowest BCUT2D eigenvalue weighted by Gasteiger charge is -2.23. The lowest BCUT2D eigenvalue weighted by molar-refractivity contribution is 0.0498. The second-order valence-corrected chi connectivity index (χ2v) is 5.03. The molecule has 0 radical (unpaired) electrons. The Hall–Kier alpha value is -1.59. The average molecular weight is 265 g/mol. The molecule has 0 saturated heterocycles. The normalized spacial score (nSPS) is 15.2. The summed E-state index contributed by atoms with van der Waals surface area (Å²) in [4.78, 5) is 0. The molecular formula is C14H23N3O2. The van der Waals surface area contributed by atoms with Gasteiger partial charge in [-0.15, -0.1) is 0 Å². The minimum Gasteiger partial charge on any atom is -0.409 e. The van der Waals surface area contributed by atoms with Crippen LogP contribution in [-0.2, 0) is 6.54 Å². The Labute approximate surface area is 114 Å². The van der Waals surface area contributed by atoms with Crippen LogP contribution in [0.1, 0.15) is 37.8 Å². The van der Waals surface area contributed by atoms with Gasteiger partial charge in [0.15, 0.2) is 5.84 Å². The number of amidine groups is 1. The summed E-state index contributed by atoms with van der Waals surface area (Å²) in [5, 5.41) is 24.8. The van der Waals surface area contributed by atoms with Crippen molar-refractivity contribution in [1.82, 2.24) is 5.32 Å². The minimum atomic E-state index is -0.664. The molecule has 106 valence electrons. The van der Waals surface area contributed by atoms with Gasteiger partial charge in [0, 0.05) is 18.7 Å². The van der Waals surface area contributed by atoms with E-state index in [1.807, 2.05) is 19.1 Å².